The second-order valence-electron chi connectivity index (χ2n) is 5.90. The minimum atomic E-state index is -0.110. The lowest BCUT2D eigenvalue weighted by atomic mass is 10.2. The molecule has 1 aromatic carbocycles. The fourth-order valence-corrected chi connectivity index (χ4v) is 3.07. The molecular formula is C19H21ClN2O2. The second kappa shape index (κ2) is 8.18. The molecule has 2 heterocycles. The SMILES string of the molecule is O=C(/C=C/c1ccc(Cl)cc1)NC[C@H](c1ccco1)N1CCCC1. The average molecular weight is 345 g/mol. The van der Waals surface area contributed by atoms with E-state index < -0.39 is 0 Å². The number of carbonyl (C=O) groups excluding carboxylic acids is 1. The van der Waals surface area contributed by atoms with E-state index in [1.807, 2.05) is 24.3 Å². The van der Waals surface area contributed by atoms with Gasteiger partial charge in [-0.15, -0.1) is 0 Å². The van der Waals surface area contributed by atoms with Crippen molar-refractivity contribution in [3.05, 3.63) is 65.1 Å². The summed E-state index contributed by atoms with van der Waals surface area (Å²) >= 11 is 5.85. The largest absolute Gasteiger partial charge is 0.468 e. The van der Waals surface area contributed by atoms with Gasteiger partial charge in [-0.25, -0.2) is 0 Å². The fourth-order valence-electron chi connectivity index (χ4n) is 2.95. The van der Waals surface area contributed by atoms with Crippen LogP contribution in [0.4, 0.5) is 0 Å². The lowest BCUT2D eigenvalue weighted by Gasteiger charge is -2.25. The standard InChI is InChI=1S/C19H21ClN2O2/c20-16-8-5-15(6-9-16)7-10-19(23)21-14-17(18-4-3-13-24-18)22-11-1-2-12-22/h3-10,13,17H,1-2,11-12,14H2,(H,21,23)/b10-7+/t17-/m1/s1. The Morgan fingerprint density at radius 1 is 1.25 bits per heavy atom. The number of amides is 1. The van der Waals surface area contributed by atoms with Crippen molar-refractivity contribution in [3.63, 3.8) is 0 Å². The number of benzene rings is 1. The summed E-state index contributed by atoms with van der Waals surface area (Å²) in [4.78, 5) is 14.5. The van der Waals surface area contributed by atoms with Crippen molar-refractivity contribution < 1.29 is 9.21 Å². The van der Waals surface area contributed by atoms with Crippen LogP contribution in [0.3, 0.4) is 0 Å². The first-order chi connectivity index (χ1) is 11.7. The maximum Gasteiger partial charge on any atom is 0.244 e. The molecular weight excluding hydrogens is 324 g/mol. The lowest BCUT2D eigenvalue weighted by Crippen LogP contribution is -2.36. The van der Waals surface area contributed by atoms with Crippen LogP contribution < -0.4 is 5.32 Å². The average Bonchev–Trinajstić information content (AvgIpc) is 3.29. The highest BCUT2D eigenvalue weighted by atomic mass is 35.5. The first-order valence-corrected chi connectivity index (χ1v) is 8.59. The van der Waals surface area contributed by atoms with Gasteiger partial charge in [0.05, 0.1) is 12.3 Å². The smallest absolute Gasteiger partial charge is 0.244 e. The Hall–Kier alpha value is -2.04. The van der Waals surface area contributed by atoms with Gasteiger partial charge in [0.15, 0.2) is 0 Å². The van der Waals surface area contributed by atoms with Gasteiger partial charge in [0, 0.05) is 17.6 Å². The molecule has 1 atom stereocenters. The molecule has 3 rings (SSSR count). The molecule has 1 aliphatic rings. The third-order valence-electron chi connectivity index (χ3n) is 4.22. The van der Waals surface area contributed by atoms with Gasteiger partial charge in [-0.3, -0.25) is 9.69 Å². The zero-order valence-electron chi connectivity index (χ0n) is 13.5. The van der Waals surface area contributed by atoms with Crippen LogP contribution in [0.25, 0.3) is 6.08 Å². The summed E-state index contributed by atoms with van der Waals surface area (Å²) in [5.74, 6) is 0.791. The summed E-state index contributed by atoms with van der Waals surface area (Å²) < 4.78 is 5.56. The van der Waals surface area contributed by atoms with E-state index in [4.69, 9.17) is 16.0 Å². The molecule has 5 heteroatoms. The Morgan fingerprint density at radius 2 is 2.00 bits per heavy atom. The van der Waals surface area contributed by atoms with Crippen molar-refractivity contribution >= 4 is 23.6 Å². The minimum absolute atomic E-state index is 0.0929. The highest BCUT2D eigenvalue weighted by Gasteiger charge is 2.25. The molecule has 126 valence electrons. The second-order valence-corrected chi connectivity index (χ2v) is 6.34. The number of rotatable bonds is 6. The van der Waals surface area contributed by atoms with Crippen LogP contribution in [-0.4, -0.2) is 30.4 Å². The number of nitrogens with one attached hydrogen (secondary N) is 1. The Kier molecular flexibility index (Phi) is 5.72. The summed E-state index contributed by atoms with van der Waals surface area (Å²) in [5, 5.41) is 3.66. The molecule has 1 saturated heterocycles. The Labute approximate surface area is 147 Å². The summed E-state index contributed by atoms with van der Waals surface area (Å²) in [5.41, 5.74) is 0.941. The number of nitrogens with zero attached hydrogens (tertiary/aromatic N) is 1. The number of furan rings is 1. The van der Waals surface area contributed by atoms with Gasteiger partial charge in [0.25, 0.3) is 0 Å². The van der Waals surface area contributed by atoms with Crippen LogP contribution in [0.15, 0.2) is 53.2 Å². The zero-order chi connectivity index (χ0) is 16.8. The van der Waals surface area contributed by atoms with Gasteiger partial charge in [-0.1, -0.05) is 23.7 Å². The Balaban J connectivity index is 1.57. The van der Waals surface area contributed by atoms with E-state index in [0.717, 1.165) is 24.4 Å². The Bertz CT molecular complexity index is 674. The van der Waals surface area contributed by atoms with Crippen LogP contribution in [0.2, 0.25) is 5.02 Å². The number of hydrogen-bond acceptors (Lipinski definition) is 3. The third kappa shape index (κ3) is 4.49. The van der Waals surface area contributed by atoms with Gasteiger partial charge in [0.1, 0.15) is 5.76 Å². The topological polar surface area (TPSA) is 45.5 Å². The van der Waals surface area contributed by atoms with E-state index in [0.29, 0.717) is 11.6 Å². The quantitative estimate of drug-likeness (QED) is 0.808. The molecule has 1 amide bonds. The monoisotopic (exact) mass is 344 g/mol. The highest BCUT2D eigenvalue weighted by Crippen LogP contribution is 2.24. The van der Waals surface area contributed by atoms with Crippen molar-refractivity contribution in [2.24, 2.45) is 0 Å². The zero-order valence-corrected chi connectivity index (χ0v) is 14.2. The molecule has 0 unspecified atom stereocenters. The van der Waals surface area contributed by atoms with Gasteiger partial charge in [-0.05, 0) is 61.8 Å². The van der Waals surface area contributed by atoms with Crippen LogP contribution >= 0.6 is 11.6 Å². The molecule has 1 N–H and O–H groups in total. The maximum absolute atomic E-state index is 12.1. The van der Waals surface area contributed by atoms with Crippen LogP contribution in [0, 0.1) is 0 Å². The molecule has 1 aliphatic heterocycles. The van der Waals surface area contributed by atoms with Crippen molar-refractivity contribution in [2.75, 3.05) is 19.6 Å². The van der Waals surface area contributed by atoms with Crippen LogP contribution in [0.5, 0.6) is 0 Å². The van der Waals surface area contributed by atoms with Crippen molar-refractivity contribution in [1.29, 1.82) is 0 Å². The van der Waals surface area contributed by atoms with E-state index >= 15 is 0 Å². The van der Waals surface area contributed by atoms with Crippen molar-refractivity contribution in [3.8, 4) is 0 Å². The first-order valence-electron chi connectivity index (χ1n) is 8.21. The molecule has 2 aromatic rings. The number of likely N-dealkylation sites (tertiary alicyclic amines) is 1. The molecule has 0 saturated carbocycles. The summed E-state index contributed by atoms with van der Waals surface area (Å²) in [6.07, 6.45) is 7.40. The van der Waals surface area contributed by atoms with Crippen molar-refractivity contribution in [2.45, 2.75) is 18.9 Å². The predicted molar refractivity (Wildman–Crippen MR) is 95.8 cm³/mol. The molecule has 4 nitrogen and oxygen atoms in total. The van der Waals surface area contributed by atoms with E-state index in [-0.39, 0.29) is 11.9 Å². The van der Waals surface area contributed by atoms with Crippen molar-refractivity contribution in [1.82, 2.24) is 10.2 Å². The predicted octanol–water partition coefficient (Wildman–Crippen LogP) is 3.90. The molecule has 1 aromatic heterocycles. The van der Waals surface area contributed by atoms with Crippen LogP contribution in [-0.2, 0) is 4.79 Å². The number of hydrogen-bond donors (Lipinski definition) is 1. The molecule has 0 spiro atoms. The minimum Gasteiger partial charge on any atom is -0.468 e. The summed E-state index contributed by atoms with van der Waals surface area (Å²) in [7, 11) is 0. The van der Waals surface area contributed by atoms with Gasteiger partial charge in [0.2, 0.25) is 5.91 Å². The third-order valence-corrected chi connectivity index (χ3v) is 4.47. The van der Waals surface area contributed by atoms with Gasteiger partial charge < -0.3 is 9.73 Å². The van der Waals surface area contributed by atoms with Gasteiger partial charge in [-0.2, -0.15) is 0 Å². The normalized spacial score (nSPS) is 16.5. The number of halogens is 1. The maximum atomic E-state index is 12.1. The summed E-state index contributed by atoms with van der Waals surface area (Å²) in [6.45, 7) is 2.63. The summed E-state index contributed by atoms with van der Waals surface area (Å²) in [6, 6.07) is 11.3. The van der Waals surface area contributed by atoms with Crippen LogP contribution in [0.1, 0.15) is 30.2 Å². The van der Waals surface area contributed by atoms with Gasteiger partial charge >= 0.3 is 0 Å². The van der Waals surface area contributed by atoms with E-state index in [1.54, 1.807) is 30.5 Å². The molecule has 1 fully saturated rings. The lowest BCUT2D eigenvalue weighted by molar-refractivity contribution is -0.116. The molecule has 0 radical (unpaired) electrons. The van der Waals surface area contributed by atoms with E-state index in [2.05, 4.69) is 10.2 Å². The Morgan fingerprint density at radius 3 is 2.67 bits per heavy atom. The molecule has 0 bridgehead atoms. The van der Waals surface area contributed by atoms with E-state index in [9.17, 15) is 4.79 Å². The molecule has 24 heavy (non-hydrogen) atoms. The number of carbonyl (C=O) groups is 1. The highest BCUT2D eigenvalue weighted by molar-refractivity contribution is 6.30. The fraction of sp³-hybridized carbons (Fsp3) is 0.316. The first kappa shape index (κ1) is 16.8. The molecule has 0 aliphatic carbocycles. The van der Waals surface area contributed by atoms with E-state index in [1.165, 1.54) is 12.8 Å².